The molecule has 0 radical (unpaired) electrons. The van der Waals surface area contributed by atoms with Gasteiger partial charge in [-0.15, -0.1) is 0 Å². The molecule has 0 aliphatic carbocycles. The molecular formula is C21H20N4O3. The summed E-state index contributed by atoms with van der Waals surface area (Å²) in [5.41, 5.74) is 2.95. The van der Waals surface area contributed by atoms with Gasteiger partial charge in [-0.05, 0) is 43.7 Å². The quantitative estimate of drug-likeness (QED) is 0.649. The lowest BCUT2D eigenvalue weighted by Crippen LogP contribution is -2.31. The van der Waals surface area contributed by atoms with Gasteiger partial charge >= 0.3 is 0 Å². The number of ether oxygens (including phenoxy) is 1. The second-order valence-electron chi connectivity index (χ2n) is 6.32. The first-order chi connectivity index (χ1) is 13.5. The van der Waals surface area contributed by atoms with E-state index in [0.717, 1.165) is 11.3 Å². The molecule has 1 aromatic heterocycles. The van der Waals surface area contributed by atoms with Gasteiger partial charge in [0.2, 0.25) is 11.8 Å². The van der Waals surface area contributed by atoms with Gasteiger partial charge < -0.3 is 14.6 Å². The van der Waals surface area contributed by atoms with E-state index in [-0.39, 0.29) is 5.91 Å². The molecule has 1 amide bonds. The van der Waals surface area contributed by atoms with Crippen molar-refractivity contribution in [1.82, 2.24) is 5.16 Å². The third kappa shape index (κ3) is 5.11. The Morgan fingerprint density at radius 3 is 2.82 bits per heavy atom. The Bertz CT molecular complexity index is 1010. The third-order valence-electron chi connectivity index (χ3n) is 3.95. The van der Waals surface area contributed by atoms with E-state index in [1.165, 1.54) is 0 Å². The number of hydrogen-bond acceptors (Lipinski definition) is 6. The maximum atomic E-state index is 12.3. The van der Waals surface area contributed by atoms with Gasteiger partial charge in [-0.1, -0.05) is 23.4 Å². The van der Waals surface area contributed by atoms with Crippen LogP contribution in [0.2, 0.25) is 0 Å². The number of rotatable bonds is 7. The lowest BCUT2D eigenvalue weighted by Gasteiger charge is -2.15. The number of aromatic nitrogens is 1. The van der Waals surface area contributed by atoms with Gasteiger partial charge in [0.15, 0.2) is 0 Å². The first-order valence-electron chi connectivity index (χ1n) is 8.76. The number of hydrogen-bond donors (Lipinski definition) is 2. The van der Waals surface area contributed by atoms with E-state index in [1.54, 1.807) is 32.0 Å². The van der Waals surface area contributed by atoms with E-state index in [9.17, 15) is 4.79 Å². The molecular weight excluding hydrogens is 356 g/mol. The molecule has 7 nitrogen and oxygen atoms in total. The fourth-order valence-electron chi connectivity index (χ4n) is 2.54. The largest absolute Gasteiger partial charge is 0.489 e. The Morgan fingerprint density at radius 2 is 2.07 bits per heavy atom. The predicted octanol–water partition coefficient (Wildman–Crippen LogP) is 3.87. The van der Waals surface area contributed by atoms with Crippen molar-refractivity contribution >= 4 is 17.5 Å². The second-order valence-corrected chi connectivity index (χ2v) is 6.32. The zero-order valence-corrected chi connectivity index (χ0v) is 15.6. The van der Waals surface area contributed by atoms with Gasteiger partial charge in [-0.3, -0.25) is 10.1 Å². The number of amides is 1. The number of nitrogens with one attached hydrogen (secondary N) is 2. The molecule has 2 aromatic carbocycles. The van der Waals surface area contributed by atoms with Crippen LogP contribution < -0.4 is 15.4 Å². The Morgan fingerprint density at radius 1 is 1.25 bits per heavy atom. The van der Waals surface area contributed by atoms with Crippen LogP contribution in [0.3, 0.4) is 0 Å². The van der Waals surface area contributed by atoms with Gasteiger partial charge in [0.05, 0.1) is 17.3 Å². The topological polar surface area (TPSA) is 100 Å². The highest BCUT2D eigenvalue weighted by Gasteiger charge is 2.15. The average Bonchev–Trinajstić information content (AvgIpc) is 3.11. The van der Waals surface area contributed by atoms with Crippen LogP contribution in [0.5, 0.6) is 5.75 Å². The zero-order chi connectivity index (χ0) is 19.9. The molecule has 2 N–H and O–H groups in total. The van der Waals surface area contributed by atoms with Crippen molar-refractivity contribution in [2.24, 2.45) is 0 Å². The molecule has 142 valence electrons. The van der Waals surface area contributed by atoms with E-state index < -0.39 is 6.04 Å². The van der Waals surface area contributed by atoms with Gasteiger partial charge in [-0.2, -0.15) is 5.26 Å². The van der Waals surface area contributed by atoms with Crippen LogP contribution in [0.15, 0.2) is 59.1 Å². The highest BCUT2D eigenvalue weighted by Crippen LogP contribution is 2.20. The number of anilines is 2. The molecule has 0 aliphatic rings. The summed E-state index contributed by atoms with van der Waals surface area (Å²) in [4.78, 5) is 12.3. The normalized spacial score (nSPS) is 11.3. The van der Waals surface area contributed by atoms with Gasteiger partial charge in [0.25, 0.3) is 0 Å². The molecule has 0 fully saturated rings. The minimum Gasteiger partial charge on any atom is -0.489 e. The molecule has 7 heteroatoms. The van der Waals surface area contributed by atoms with E-state index in [1.807, 2.05) is 36.4 Å². The minimum absolute atomic E-state index is 0.240. The van der Waals surface area contributed by atoms with Crippen LogP contribution >= 0.6 is 0 Å². The van der Waals surface area contributed by atoms with Crippen LogP contribution in [0.25, 0.3) is 0 Å². The number of carbonyl (C=O) groups excluding carboxylic acids is 1. The van der Waals surface area contributed by atoms with Crippen molar-refractivity contribution in [3.05, 3.63) is 71.4 Å². The highest BCUT2D eigenvalue weighted by atomic mass is 16.5. The van der Waals surface area contributed by atoms with Gasteiger partial charge in [-0.25, -0.2) is 0 Å². The Balaban J connectivity index is 1.57. The van der Waals surface area contributed by atoms with Crippen molar-refractivity contribution in [3.8, 4) is 11.8 Å². The predicted molar refractivity (Wildman–Crippen MR) is 105 cm³/mol. The first kappa shape index (κ1) is 19.0. The Hall–Kier alpha value is -3.79. The molecule has 28 heavy (non-hydrogen) atoms. The summed E-state index contributed by atoms with van der Waals surface area (Å²) < 4.78 is 10.8. The number of benzene rings is 2. The number of nitrogens with zero attached hydrogens (tertiary/aromatic N) is 2. The molecule has 0 spiro atoms. The van der Waals surface area contributed by atoms with Crippen molar-refractivity contribution in [3.63, 3.8) is 0 Å². The fourth-order valence-corrected chi connectivity index (χ4v) is 2.54. The average molecular weight is 376 g/mol. The third-order valence-corrected chi connectivity index (χ3v) is 3.95. The maximum absolute atomic E-state index is 12.3. The summed E-state index contributed by atoms with van der Waals surface area (Å²) in [6.45, 7) is 3.88. The number of aryl methyl sites for hydroxylation is 1. The van der Waals surface area contributed by atoms with Crippen molar-refractivity contribution in [1.29, 1.82) is 5.26 Å². The molecule has 0 saturated carbocycles. The van der Waals surface area contributed by atoms with Gasteiger partial charge in [0, 0.05) is 17.8 Å². The minimum atomic E-state index is -0.493. The van der Waals surface area contributed by atoms with Crippen molar-refractivity contribution in [2.75, 3.05) is 10.6 Å². The molecule has 1 atom stereocenters. The summed E-state index contributed by atoms with van der Waals surface area (Å²) >= 11 is 0. The molecule has 1 unspecified atom stereocenters. The van der Waals surface area contributed by atoms with Crippen LogP contribution in [-0.4, -0.2) is 17.1 Å². The Labute approximate surface area is 162 Å². The maximum Gasteiger partial charge on any atom is 0.248 e. The molecule has 1 heterocycles. The first-order valence-corrected chi connectivity index (χ1v) is 8.76. The molecule has 0 aliphatic heterocycles. The molecule has 0 bridgehead atoms. The van der Waals surface area contributed by atoms with Crippen LogP contribution in [0.1, 0.15) is 23.7 Å². The summed E-state index contributed by atoms with van der Waals surface area (Å²) in [5.74, 6) is 0.731. The van der Waals surface area contributed by atoms with Gasteiger partial charge in [0.1, 0.15) is 18.4 Å². The lowest BCUT2D eigenvalue weighted by atomic mass is 10.1. The summed E-state index contributed by atoms with van der Waals surface area (Å²) in [5, 5.41) is 18.5. The van der Waals surface area contributed by atoms with E-state index in [4.69, 9.17) is 14.5 Å². The molecule has 0 saturated heterocycles. The zero-order valence-electron chi connectivity index (χ0n) is 15.6. The fraction of sp³-hybridized carbons (Fsp3) is 0.190. The second kappa shape index (κ2) is 8.73. The van der Waals surface area contributed by atoms with Crippen molar-refractivity contribution < 1.29 is 14.1 Å². The highest BCUT2D eigenvalue weighted by molar-refractivity contribution is 5.95. The molecule has 3 aromatic rings. The Kier molecular flexibility index (Phi) is 5.92. The van der Waals surface area contributed by atoms with Crippen LogP contribution in [0, 0.1) is 18.3 Å². The summed E-state index contributed by atoms with van der Waals surface area (Å²) in [6, 6.07) is 17.9. The summed E-state index contributed by atoms with van der Waals surface area (Å²) in [6.07, 6.45) is 0. The number of nitriles is 1. The smallest absolute Gasteiger partial charge is 0.248 e. The van der Waals surface area contributed by atoms with Crippen molar-refractivity contribution in [2.45, 2.75) is 26.5 Å². The summed E-state index contributed by atoms with van der Waals surface area (Å²) in [7, 11) is 0. The lowest BCUT2D eigenvalue weighted by molar-refractivity contribution is -0.116. The molecule has 3 rings (SSSR count). The van der Waals surface area contributed by atoms with Crippen LogP contribution in [0.4, 0.5) is 11.6 Å². The van der Waals surface area contributed by atoms with E-state index in [2.05, 4.69) is 21.9 Å². The van der Waals surface area contributed by atoms with E-state index >= 15 is 0 Å². The SMILES string of the molecule is Cc1cc(NC(=O)C(C)Nc2cccc(OCc3cccc(C#N)c3)c2)on1. The number of carbonyl (C=O) groups is 1. The monoisotopic (exact) mass is 376 g/mol. The standard InChI is InChI=1S/C21H20N4O3/c1-14-9-20(28-25-14)24-21(26)15(2)23-18-7-4-8-19(11-18)27-13-17-6-3-5-16(10-17)12-22/h3-11,15,23H,13H2,1-2H3,(H,24,26). The van der Waals surface area contributed by atoms with E-state index in [0.29, 0.717) is 29.5 Å². The van der Waals surface area contributed by atoms with Crippen LogP contribution in [-0.2, 0) is 11.4 Å².